The van der Waals surface area contributed by atoms with Gasteiger partial charge < -0.3 is 28.1 Å². The van der Waals surface area contributed by atoms with Crippen LogP contribution in [0.1, 0.15) is 53.0 Å². The van der Waals surface area contributed by atoms with Crippen LogP contribution in [0.25, 0.3) is 0 Å². The van der Waals surface area contributed by atoms with Gasteiger partial charge in [0.05, 0.1) is 25.9 Å². The van der Waals surface area contributed by atoms with Gasteiger partial charge in [-0.2, -0.15) is 0 Å². The molecule has 0 heterocycles. The molecule has 0 aromatic heterocycles. The molecule has 0 fully saturated rings. The Morgan fingerprint density at radius 3 is 2.15 bits per heavy atom. The second kappa shape index (κ2) is 17.4. The molecule has 0 saturated heterocycles. The zero-order valence-electron chi connectivity index (χ0n) is 25.1. The number of carbonyl (C=O) groups is 2. The molecule has 0 N–H and O–H groups in total. The molecule has 220 valence electrons. The highest BCUT2D eigenvalue weighted by Crippen LogP contribution is 2.38. The van der Waals surface area contributed by atoms with Crippen LogP contribution < -0.4 is 0 Å². The second-order valence-electron chi connectivity index (χ2n) is 11.0. The Hall–Kier alpha value is -2.30. The highest BCUT2D eigenvalue weighted by atomic mass is 28.4. The van der Waals surface area contributed by atoms with Crippen molar-refractivity contribution in [2.45, 2.75) is 96.6 Å². The first-order chi connectivity index (χ1) is 18.3. The number of methoxy groups -OCH3 is 2. The van der Waals surface area contributed by atoms with E-state index in [0.29, 0.717) is 13.0 Å². The molecule has 0 unspecified atom stereocenters. The van der Waals surface area contributed by atoms with Crippen LogP contribution in [-0.4, -0.2) is 65.7 Å². The fourth-order valence-corrected chi connectivity index (χ4v) is 4.52. The fraction of sp³-hybridized carbons (Fsp3) is 0.600. The lowest BCUT2D eigenvalue weighted by molar-refractivity contribution is -0.145. The molecule has 39 heavy (non-hydrogen) atoms. The summed E-state index contributed by atoms with van der Waals surface area (Å²) in [6.45, 7) is 14.9. The van der Waals surface area contributed by atoms with Crippen LogP contribution >= 0.6 is 0 Å². The first-order valence-corrected chi connectivity index (χ1v) is 16.3. The summed E-state index contributed by atoms with van der Waals surface area (Å²) in [6, 6.07) is 10.0. The van der Waals surface area contributed by atoms with Crippen LogP contribution in [-0.2, 0) is 44.3 Å². The molecule has 0 aliphatic carbocycles. The summed E-state index contributed by atoms with van der Waals surface area (Å²) in [5, 5.41) is -0.0676. The number of ether oxygens (including phenoxy) is 5. The van der Waals surface area contributed by atoms with E-state index in [9.17, 15) is 9.59 Å². The molecule has 0 aliphatic heterocycles. The standard InChI is InChI=1S/C30H48O8Si/c1-23(35-21-25-13-11-10-12-14-25)15-16-26(36-22-33-6)17-19-29(32)37-24(2)27(18-20-28(31)34-7)38-39(8,9)30(3,4)5/h10-14,17-20,23-24,26-27H,15-16,21-22H2,1-9H3/b19-17+,20-18+/t23-,24-,26-,27+/m1/s1. The van der Waals surface area contributed by atoms with E-state index in [1.54, 1.807) is 26.2 Å². The van der Waals surface area contributed by atoms with Crippen molar-refractivity contribution in [2.24, 2.45) is 0 Å². The van der Waals surface area contributed by atoms with Crippen molar-refractivity contribution < 1.29 is 37.7 Å². The van der Waals surface area contributed by atoms with Gasteiger partial charge in [0.25, 0.3) is 0 Å². The van der Waals surface area contributed by atoms with Crippen molar-refractivity contribution in [2.75, 3.05) is 21.0 Å². The number of benzene rings is 1. The van der Waals surface area contributed by atoms with Crippen molar-refractivity contribution in [3.63, 3.8) is 0 Å². The largest absolute Gasteiger partial charge is 0.466 e. The third-order valence-electron chi connectivity index (χ3n) is 6.71. The SMILES string of the molecule is COCO[C@@H](/C=C/C(=O)O[C@H](C)[C@H](/C=C/C(=O)OC)O[Si](C)(C)C(C)(C)C)CC[C@@H](C)OCc1ccccc1. The molecule has 0 aliphatic rings. The van der Waals surface area contributed by atoms with Gasteiger partial charge in [-0.15, -0.1) is 0 Å². The van der Waals surface area contributed by atoms with Gasteiger partial charge in [0, 0.05) is 19.3 Å². The lowest BCUT2D eigenvalue weighted by Crippen LogP contribution is -2.46. The van der Waals surface area contributed by atoms with Crippen molar-refractivity contribution in [1.29, 1.82) is 0 Å². The highest BCUT2D eigenvalue weighted by molar-refractivity contribution is 6.74. The molecular weight excluding hydrogens is 516 g/mol. The monoisotopic (exact) mass is 564 g/mol. The van der Waals surface area contributed by atoms with E-state index in [1.807, 2.05) is 37.3 Å². The molecule has 1 aromatic carbocycles. The summed E-state index contributed by atoms with van der Waals surface area (Å²) in [4.78, 5) is 24.4. The summed E-state index contributed by atoms with van der Waals surface area (Å²) in [7, 11) is 0.633. The van der Waals surface area contributed by atoms with Crippen LogP contribution in [0, 0.1) is 0 Å². The van der Waals surface area contributed by atoms with E-state index in [1.165, 1.54) is 19.3 Å². The summed E-state index contributed by atoms with van der Waals surface area (Å²) in [5.74, 6) is -1.03. The molecule has 0 spiro atoms. The van der Waals surface area contributed by atoms with Gasteiger partial charge in [0.1, 0.15) is 19.0 Å². The number of carbonyl (C=O) groups excluding carboxylic acids is 2. The Morgan fingerprint density at radius 1 is 0.923 bits per heavy atom. The van der Waals surface area contributed by atoms with E-state index >= 15 is 0 Å². The smallest absolute Gasteiger partial charge is 0.330 e. The van der Waals surface area contributed by atoms with Crippen molar-refractivity contribution in [3.8, 4) is 0 Å². The third-order valence-corrected chi connectivity index (χ3v) is 11.2. The predicted octanol–water partition coefficient (Wildman–Crippen LogP) is 5.97. The van der Waals surface area contributed by atoms with Gasteiger partial charge >= 0.3 is 11.9 Å². The molecule has 1 aromatic rings. The normalized spacial score (nSPS) is 15.7. The van der Waals surface area contributed by atoms with Gasteiger partial charge in [-0.05, 0) is 62.5 Å². The minimum atomic E-state index is -2.22. The molecule has 0 saturated carbocycles. The van der Waals surface area contributed by atoms with Crippen LogP contribution in [0.15, 0.2) is 54.6 Å². The van der Waals surface area contributed by atoms with Crippen molar-refractivity contribution >= 4 is 20.3 Å². The molecule has 9 heteroatoms. The number of hydrogen-bond acceptors (Lipinski definition) is 8. The molecule has 0 radical (unpaired) electrons. The Labute approximate surface area is 235 Å². The van der Waals surface area contributed by atoms with Gasteiger partial charge in [0.2, 0.25) is 0 Å². The van der Waals surface area contributed by atoms with E-state index in [4.69, 9.17) is 28.1 Å². The summed E-state index contributed by atoms with van der Waals surface area (Å²) in [5.41, 5.74) is 1.12. The minimum absolute atomic E-state index is 0.00840. The summed E-state index contributed by atoms with van der Waals surface area (Å²) >= 11 is 0. The van der Waals surface area contributed by atoms with E-state index in [2.05, 4.69) is 33.9 Å². The molecular formula is C30H48O8Si. The maximum absolute atomic E-state index is 12.7. The Balaban J connectivity index is 2.78. The molecule has 4 atom stereocenters. The van der Waals surface area contributed by atoms with Gasteiger partial charge in [-0.3, -0.25) is 0 Å². The first-order valence-electron chi connectivity index (χ1n) is 13.4. The van der Waals surface area contributed by atoms with Crippen molar-refractivity contribution in [1.82, 2.24) is 0 Å². The average Bonchev–Trinajstić information content (AvgIpc) is 2.88. The highest BCUT2D eigenvalue weighted by Gasteiger charge is 2.40. The quantitative estimate of drug-likeness (QED) is 0.0990. The topological polar surface area (TPSA) is 89.5 Å². The Kier molecular flexibility index (Phi) is 15.5. The molecule has 8 nitrogen and oxygen atoms in total. The molecule has 0 bridgehead atoms. The third kappa shape index (κ3) is 14.1. The maximum Gasteiger partial charge on any atom is 0.330 e. The summed E-state index contributed by atoms with van der Waals surface area (Å²) in [6.07, 6.45) is 5.71. The number of hydrogen-bond donors (Lipinski definition) is 0. The van der Waals surface area contributed by atoms with E-state index in [-0.39, 0.29) is 24.0 Å². The van der Waals surface area contributed by atoms with E-state index in [0.717, 1.165) is 12.0 Å². The lowest BCUT2D eigenvalue weighted by atomic mass is 10.1. The fourth-order valence-electron chi connectivity index (χ4n) is 3.21. The Bertz CT molecular complexity index is 907. The van der Waals surface area contributed by atoms with Gasteiger partial charge in [-0.25, -0.2) is 9.59 Å². The number of rotatable bonds is 17. The summed E-state index contributed by atoms with van der Waals surface area (Å²) < 4.78 is 33.6. The molecule has 1 rings (SSSR count). The number of esters is 2. The van der Waals surface area contributed by atoms with Crippen molar-refractivity contribution in [3.05, 3.63) is 60.2 Å². The minimum Gasteiger partial charge on any atom is -0.466 e. The predicted molar refractivity (Wildman–Crippen MR) is 155 cm³/mol. The van der Waals surface area contributed by atoms with Crippen LogP contribution in [0.5, 0.6) is 0 Å². The lowest BCUT2D eigenvalue weighted by Gasteiger charge is -2.39. The molecule has 0 amide bonds. The zero-order chi connectivity index (χ0) is 29.5. The zero-order valence-corrected chi connectivity index (χ0v) is 26.1. The average molecular weight is 565 g/mol. The first kappa shape index (κ1) is 34.7. The van der Waals surface area contributed by atoms with Gasteiger partial charge in [0.15, 0.2) is 8.32 Å². The van der Waals surface area contributed by atoms with Gasteiger partial charge in [-0.1, -0.05) is 51.1 Å². The van der Waals surface area contributed by atoms with Crippen LogP contribution in [0.4, 0.5) is 0 Å². The van der Waals surface area contributed by atoms with E-state index < -0.39 is 32.5 Å². The second-order valence-corrected chi connectivity index (χ2v) is 15.8. The van der Waals surface area contributed by atoms with Crippen LogP contribution in [0.2, 0.25) is 18.1 Å². The van der Waals surface area contributed by atoms with Crippen LogP contribution in [0.3, 0.4) is 0 Å². The Morgan fingerprint density at radius 2 is 1.56 bits per heavy atom. The maximum atomic E-state index is 12.7.